The molecule has 6 heteroatoms. The highest BCUT2D eigenvalue weighted by molar-refractivity contribution is 5.99. The van der Waals surface area contributed by atoms with Gasteiger partial charge in [-0.1, -0.05) is 0 Å². The first-order valence-electron chi connectivity index (χ1n) is 7.40. The minimum Gasteiger partial charge on any atom is -0.497 e. The van der Waals surface area contributed by atoms with Gasteiger partial charge in [-0.15, -0.1) is 12.3 Å². The molecule has 0 saturated carbocycles. The molecule has 1 amide bonds. The fourth-order valence-electron chi connectivity index (χ4n) is 2.13. The normalized spacial score (nSPS) is 13.9. The standard InChI is InChI=1S/C17H19N3O3/c1-3-4-10-17(19-20-17)11-9-16(22)18-12-15(21)13-5-7-14(23-2)8-6-13/h1,5-8H,4,9-12H2,2H3,(H,18,22). The van der Waals surface area contributed by atoms with Gasteiger partial charge in [0, 0.05) is 31.2 Å². The van der Waals surface area contributed by atoms with Crippen LogP contribution in [-0.2, 0) is 4.79 Å². The molecule has 0 bridgehead atoms. The number of benzene rings is 1. The van der Waals surface area contributed by atoms with Crippen LogP contribution in [0.5, 0.6) is 5.75 Å². The first-order chi connectivity index (χ1) is 11.1. The number of hydrogen-bond donors (Lipinski definition) is 1. The van der Waals surface area contributed by atoms with Crippen LogP contribution in [0.2, 0.25) is 0 Å². The van der Waals surface area contributed by atoms with Gasteiger partial charge in [0.05, 0.1) is 13.7 Å². The molecule has 1 N–H and O–H groups in total. The fraction of sp³-hybridized carbons (Fsp3) is 0.412. The maximum atomic E-state index is 12.0. The third kappa shape index (κ3) is 4.92. The van der Waals surface area contributed by atoms with E-state index in [1.807, 2.05) is 0 Å². The lowest BCUT2D eigenvalue weighted by atomic mass is 10.0. The number of rotatable bonds is 9. The number of nitrogens with one attached hydrogen (secondary N) is 1. The van der Waals surface area contributed by atoms with Crippen LogP contribution < -0.4 is 10.1 Å². The monoisotopic (exact) mass is 313 g/mol. The van der Waals surface area contributed by atoms with E-state index in [0.29, 0.717) is 30.6 Å². The van der Waals surface area contributed by atoms with Crippen LogP contribution >= 0.6 is 0 Å². The number of ether oxygens (including phenoxy) is 1. The third-order valence-electron chi connectivity index (χ3n) is 3.66. The summed E-state index contributed by atoms with van der Waals surface area (Å²) in [6.07, 6.45) is 7.27. The van der Waals surface area contributed by atoms with Crippen molar-refractivity contribution in [2.24, 2.45) is 10.2 Å². The molecule has 6 nitrogen and oxygen atoms in total. The van der Waals surface area contributed by atoms with Crippen LogP contribution in [0.15, 0.2) is 34.5 Å². The number of Topliss-reactive ketones (excluding diaryl/α,β-unsaturated/α-hetero) is 1. The molecule has 1 aromatic carbocycles. The van der Waals surface area contributed by atoms with Gasteiger partial charge in [-0.25, -0.2) is 0 Å². The van der Waals surface area contributed by atoms with Gasteiger partial charge in [-0.3, -0.25) is 9.59 Å². The zero-order valence-electron chi connectivity index (χ0n) is 13.0. The van der Waals surface area contributed by atoms with E-state index in [9.17, 15) is 9.59 Å². The highest BCUT2D eigenvalue weighted by atomic mass is 16.5. The van der Waals surface area contributed by atoms with Crippen molar-refractivity contribution in [2.75, 3.05) is 13.7 Å². The summed E-state index contributed by atoms with van der Waals surface area (Å²) in [5.41, 5.74) is 0.0627. The molecule has 120 valence electrons. The van der Waals surface area contributed by atoms with Crippen molar-refractivity contribution in [1.82, 2.24) is 5.32 Å². The molecular weight excluding hydrogens is 294 g/mol. The summed E-state index contributed by atoms with van der Waals surface area (Å²) in [7, 11) is 1.56. The summed E-state index contributed by atoms with van der Waals surface area (Å²) in [4.78, 5) is 23.8. The summed E-state index contributed by atoms with van der Waals surface area (Å²) >= 11 is 0. The van der Waals surface area contributed by atoms with Crippen LogP contribution in [0.4, 0.5) is 0 Å². The average Bonchev–Trinajstić information content (AvgIpc) is 3.36. The second-order valence-electron chi connectivity index (χ2n) is 5.31. The highest BCUT2D eigenvalue weighted by Gasteiger charge is 2.39. The number of carbonyl (C=O) groups is 2. The molecule has 0 saturated heterocycles. The lowest BCUT2D eigenvalue weighted by Gasteiger charge is -2.09. The number of nitrogens with zero attached hydrogens (tertiary/aromatic N) is 2. The van der Waals surface area contributed by atoms with Crippen molar-refractivity contribution in [3.05, 3.63) is 29.8 Å². The zero-order valence-corrected chi connectivity index (χ0v) is 13.0. The quantitative estimate of drug-likeness (QED) is 0.561. The number of carbonyl (C=O) groups excluding carboxylic acids is 2. The predicted octanol–water partition coefficient (Wildman–Crippen LogP) is 2.35. The molecule has 1 aliphatic heterocycles. The van der Waals surface area contributed by atoms with Gasteiger partial charge in [-0.05, 0) is 24.3 Å². The van der Waals surface area contributed by atoms with Gasteiger partial charge >= 0.3 is 0 Å². The molecule has 2 rings (SSSR count). The first kappa shape index (κ1) is 16.7. The van der Waals surface area contributed by atoms with Gasteiger partial charge in [0.15, 0.2) is 11.4 Å². The van der Waals surface area contributed by atoms with E-state index in [0.717, 1.165) is 0 Å². The Kier molecular flexibility index (Phi) is 5.47. The number of amides is 1. The van der Waals surface area contributed by atoms with Crippen molar-refractivity contribution in [1.29, 1.82) is 0 Å². The average molecular weight is 313 g/mol. The maximum Gasteiger partial charge on any atom is 0.220 e. The van der Waals surface area contributed by atoms with Gasteiger partial charge in [0.2, 0.25) is 5.91 Å². The molecule has 0 fully saturated rings. The summed E-state index contributed by atoms with van der Waals surface area (Å²) in [5.74, 6) is 2.88. The van der Waals surface area contributed by atoms with Crippen molar-refractivity contribution in [3.63, 3.8) is 0 Å². The summed E-state index contributed by atoms with van der Waals surface area (Å²) < 4.78 is 5.03. The first-order valence-corrected chi connectivity index (χ1v) is 7.40. The second kappa shape index (κ2) is 7.54. The zero-order chi connectivity index (χ0) is 16.7. The van der Waals surface area contributed by atoms with Crippen molar-refractivity contribution in [2.45, 2.75) is 31.3 Å². The van der Waals surface area contributed by atoms with E-state index in [-0.39, 0.29) is 24.7 Å². The van der Waals surface area contributed by atoms with Gasteiger partial charge in [0.25, 0.3) is 0 Å². The molecule has 1 aliphatic rings. The number of ketones is 1. The van der Waals surface area contributed by atoms with E-state index < -0.39 is 5.66 Å². The van der Waals surface area contributed by atoms with E-state index in [1.165, 1.54) is 0 Å². The molecule has 0 aromatic heterocycles. The lowest BCUT2D eigenvalue weighted by Crippen LogP contribution is -2.30. The largest absolute Gasteiger partial charge is 0.497 e. The van der Waals surface area contributed by atoms with Crippen molar-refractivity contribution >= 4 is 11.7 Å². The summed E-state index contributed by atoms with van der Waals surface area (Å²) in [6.45, 7) is -0.0309. The Morgan fingerprint density at radius 3 is 2.52 bits per heavy atom. The van der Waals surface area contributed by atoms with Crippen LogP contribution in [0.25, 0.3) is 0 Å². The number of terminal acetylenes is 1. The van der Waals surface area contributed by atoms with Gasteiger partial charge in [-0.2, -0.15) is 10.2 Å². The van der Waals surface area contributed by atoms with E-state index >= 15 is 0 Å². The Morgan fingerprint density at radius 1 is 1.26 bits per heavy atom. The van der Waals surface area contributed by atoms with E-state index in [1.54, 1.807) is 31.4 Å². The summed E-state index contributed by atoms with van der Waals surface area (Å²) in [6, 6.07) is 6.76. The van der Waals surface area contributed by atoms with Crippen molar-refractivity contribution in [3.8, 4) is 18.1 Å². The van der Waals surface area contributed by atoms with E-state index in [4.69, 9.17) is 11.2 Å². The summed E-state index contributed by atoms with van der Waals surface area (Å²) in [5, 5.41) is 10.6. The molecular formula is C17H19N3O3. The van der Waals surface area contributed by atoms with Crippen LogP contribution in [0, 0.1) is 12.3 Å². The smallest absolute Gasteiger partial charge is 0.220 e. The Bertz CT molecular complexity index is 638. The molecule has 1 heterocycles. The Hall–Kier alpha value is -2.68. The number of hydrogen-bond acceptors (Lipinski definition) is 5. The lowest BCUT2D eigenvalue weighted by molar-refractivity contribution is -0.121. The van der Waals surface area contributed by atoms with Crippen LogP contribution in [0.3, 0.4) is 0 Å². The van der Waals surface area contributed by atoms with Gasteiger partial charge in [0.1, 0.15) is 5.75 Å². The highest BCUT2D eigenvalue weighted by Crippen LogP contribution is 2.37. The Balaban J connectivity index is 1.71. The fourth-order valence-corrected chi connectivity index (χ4v) is 2.13. The van der Waals surface area contributed by atoms with Crippen molar-refractivity contribution < 1.29 is 14.3 Å². The molecule has 0 radical (unpaired) electrons. The van der Waals surface area contributed by atoms with Gasteiger partial charge < -0.3 is 10.1 Å². The minimum atomic E-state index is -0.469. The third-order valence-corrected chi connectivity index (χ3v) is 3.66. The maximum absolute atomic E-state index is 12.0. The van der Waals surface area contributed by atoms with E-state index in [2.05, 4.69) is 21.5 Å². The molecule has 0 aliphatic carbocycles. The SMILES string of the molecule is C#CCCC1(CCC(=O)NCC(=O)c2ccc(OC)cc2)N=N1. The van der Waals surface area contributed by atoms with Crippen LogP contribution in [-0.4, -0.2) is 31.0 Å². The molecule has 0 unspecified atom stereocenters. The minimum absolute atomic E-state index is 0.0309. The topological polar surface area (TPSA) is 80.1 Å². The Morgan fingerprint density at radius 2 is 1.96 bits per heavy atom. The molecule has 0 atom stereocenters. The number of methoxy groups -OCH3 is 1. The molecule has 0 spiro atoms. The molecule has 23 heavy (non-hydrogen) atoms. The molecule has 1 aromatic rings. The second-order valence-corrected chi connectivity index (χ2v) is 5.31. The van der Waals surface area contributed by atoms with Crippen LogP contribution in [0.1, 0.15) is 36.0 Å². The Labute approximate surface area is 135 Å². The predicted molar refractivity (Wildman–Crippen MR) is 85.2 cm³/mol.